The van der Waals surface area contributed by atoms with E-state index in [0.29, 0.717) is 0 Å². The second kappa shape index (κ2) is 10.2. The van der Waals surface area contributed by atoms with Gasteiger partial charge in [0, 0.05) is 8.95 Å². The fraction of sp³-hybridized carbons (Fsp3) is 0.111. The molecule has 0 fully saturated rings. The lowest BCUT2D eigenvalue weighted by Gasteiger charge is -2.02. The molecule has 0 aliphatic rings. The van der Waals surface area contributed by atoms with Crippen LogP contribution < -0.4 is 0 Å². The van der Waals surface area contributed by atoms with Gasteiger partial charge in [0.2, 0.25) is 0 Å². The molecule has 0 atom stereocenters. The number of hydrogen-bond donors (Lipinski definition) is 0. The van der Waals surface area contributed by atoms with Crippen molar-refractivity contribution in [1.82, 2.24) is 0 Å². The first-order valence-corrected chi connectivity index (χ1v) is 11.9. The van der Waals surface area contributed by atoms with Crippen molar-refractivity contribution in [3.05, 3.63) is 57.5 Å². The number of hydrogen-bond acceptors (Lipinski definition) is 6. The predicted octanol–water partition coefficient (Wildman–Crippen LogP) is 3.33. The van der Waals surface area contributed by atoms with E-state index in [9.17, 15) is 16.8 Å². The lowest BCUT2D eigenvalue weighted by atomic mass is 10.4. The molecule has 0 radical (unpaired) electrons. The van der Waals surface area contributed by atoms with Crippen LogP contribution in [-0.2, 0) is 28.6 Å². The van der Waals surface area contributed by atoms with Crippen LogP contribution in [0.15, 0.2) is 67.3 Å². The van der Waals surface area contributed by atoms with Gasteiger partial charge in [-0.3, -0.25) is 8.37 Å². The molecule has 6 nitrogen and oxygen atoms in total. The molecule has 0 heterocycles. The Balaban J connectivity index is 1.83. The predicted molar refractivity (Wildman–Crippen MR) is 110 cm³/mol. The Hall–Kier alpha value is -1.66. The molecule has 10 heteroatoms. The van der Waals surface area contributed by atoms with Gasteiger partial charge < -0.3 is 0 Å². The summed E-state index contributed by atoms with van der Waals surface area (Å²) in [5, 5.41) is 0. The highest BCUT2D eigenvalue weighted by Crippen LogP contribution is 2.17. The number of halogens is 2. The lowest BCUT2D eigenvalue weighted by molar-refractivity contribution is 0.362. The van der Waals surface area contributed by atoms with Gasteiger partial charge in [0.1, 0.15) is 13.2 Å². The van der Waals surface area contributed by atoms with Crippen LogP contribution in [0, 0.1) is 23.7 Å². The van der Waals surface area contributed by atoms with Crippen LogP contribution >= 0.6 is 31.9 Å². The van der Waals surface area contributed by atoms with Crippen molar-refractivity contribution in [2.45, 2.75) is 9.79 Å². The van der Waals surface area contributed by atoms with Crippen LogP contribution in [-0.4, -0.2) is 30.0 Å². The normalized spacial score (nSPS) is 11.1. The summed E-state index contributed by atoms with van der Waals surface area (Å²) < 4.78 is 58.7. The van der Waals surface area contributed by atoms with Crippen LogP contribution in [0.2, 0.25) is 0 Å². The molecule has 2 aromatic carbocycles. The molecule has 0 aromatic heterocycles. The fourth-order valence-corrected chi connectivity index (χ4v) is 3.88. The van der Waals surface area contributed by atoms with Crippen LogP contribution in [0.25, 0.3) is 0 Å². The van der Waals surface area contributed by atoms with Crippen molar-refractivity contribution >= 4 is 52.1 Å². The average Bonchev–Trinajstić information content (AvgIpc) is 2.64. The van der Waals surface area contributed by atoms with E-state index in [1.165, 1.54) is 24.3 Å². The van der Waals surface area contributed by atoms with Gasteiger partial charge >= 0.3 is 0 Å². The van der Waals surface area contributed by atoms with Crippen LogP contribution in [0.5, 0.6) is 0 Å². The van der Waals surface area contributed by atoms with Gasteiger partial charge in [-0.2, -0.15) is 16.8 Å². The molecule has 146 valence electrons. The zero-order chi connectivity index (χ0) is 20.6. The minimum Gasteiger partial charge on any atom is -0.253 e. The Morgan fingerprint density at radius 1 is 0.643 bits per heavy atom. The highest BCUT2D eigenvalue weighted by Gasteiger charge is 2.14. The Bertz CT molecular complexity index is 1050. The SMILES string of the molecule is O=S(=O)(OCC#CC#CCOS(=O)(=O)c1ccc(Br)cc1)c1ccc(Br)cc1. The molecule has 0 amide bonds. The van der Waals surface area contributed by atoms with Crippen LogP contribution in [0.4, 0.5) is 0 Å². The maximum Gasteiger partial charge on any atom is 0.297 e. The van der Waals surface area contributed by atoms with E-state index in [0.717, 1.165) is 8.95 Å². The Kier molecular flexibility index (Phi) is 8.25. The number of rotatable bonds is 6. The molecule has 0 spiro atoms. The first kappa shape index (κ1) is 22.6. The fourth-order valence-electron chi connectivity index (χ4n) is 1.71. The van der Waals surface area contributed by atoms with Crippen LogP contribution in [0.1, 0.15) is 0 Å². The highest BCUT2D eigenvalue weighted by molar-refractivity contribution is 9.10. The average molecular weight is 548 g/mol. The minimum atomic E-state index is -3.91. The van der Waals surface area contributed by atoms with Crippen molar-refractivity contribution < 1.29 is 25.2 Å². The van der Waals surface area contributed by atoms with Gasteiger partial charge in [0.25, 0.3) is 20.2 Å². The van der Waals surface area contributed by atoms with E-state index in [1.807, 2.05) is 0 Å². The van der Waals surface area contributed by atoms with Crippen molar-refractivity contribution in [3.63, 3.8) is 0 Å². The van der Waals surface area contributed by atoms with Crippen LogP contribution in [0.3, 0.4) is 0 Å². The van der Waals surface area contributed by atoms with Crippen molar-refractivity contribution in [2.75, 3.05) is 13.2 Å². The van der Waals surface area contributed by atoms with Gasteiger partial charge in [0.15, 0.2) is 0 Å². The highest BCUT2D eigenvalue weighted by atomic mass is 79.9. The molecule has 2 rings (SSSR count). The van der Waals surface area contributed by atoms with Gasteiger partial charge in [-0.15, -0.1) is 0 Å². The van der Waals surface area contributed by atoms with E-state index in [2.05, 4.69) is 55.5 Å². The maximum absolute atomic E-state index is 11.9. The summed E-state index contributed by atoms with van der Waals surface area (Å²) in [5.41, 5.74) is 0. The lowest BCUT2D eigenvalue weighted by Crippen LogP contribution is -2.06. The molecule has 0 bridgehead atoms. The number of benzene rings is 2. The molecule has 2 aromatic rings. The zero-order valence-electron chi connectivity index (χ0n) is 14.1. The molecular formula is C18H12Br2O6S2. The monoisotopic (exact) mass is 546 g/mol. The Labute approximate surface area is 180 Å². The summed E-state index contributed by atoms with van der Waals surface area (Å²) in [5.74, 6) is 9.55. The molecule has 0 aliphatic heterocycles. The van der Waals surface area contributed by atoms with E-state index in [1.54, 1.807) is 24.3 Å². The molecule has 0 unspecified atom stereocenters. The zero-order valence-corrected chi connectivity index (χ0v) is 18.9. The van der Waals surface area contributed by atoms with Crippen molar-refractivity contribution in [3.8, 4) is 23.7 Å². The summed E-state index contributed by atoms with van der Waals surface area (Å²) in [6, 6.07) is 11.9. The smallest absolute Gasteiger partial charge is 0.253 e. The topological polar surface area (TPSA) is 86.7 Å². The molecule has 0 saturated carbocycles. The third-order valence-corrected chi connectivity index (χ3v) is 6.63. The van der Waals surface area contributed by atoms with E-state index < -0.39 is 20.2 Å². The largest absolute Gasteiger partial charge is 0.297 e. The van der Waals surface area contributed by atoms with Gasteiger partial charge in [-0.1, -0.05) is 43.7 Å². The summed E-state index contributed by atoms with van der Waals surface area (Å²) in [6.07, 6.45) is 0. The van der Waals surface area contributed by atoms with Gasteiger partial charge in [0.05, 0.1) is 9.79 Å². The van der Waals surface area contributed by atoms with E-state index >= 15 is 0 Å². The molecule has 0 saturated heterocycles. The third kappa shape index (κ3) is 7.06. The molecule has 28 heavy (non-hydrogen) atoms. The van der Waals surface area contributed by atoms with E-state index in [4.69, 9.17) is 8.37 Å². The van der Waals surface area contributed by atoms with Gasteiger partial charge in [-0.25, -0.2) is 0 Å². The van der Waals surface area contributed by atoms with Gasteiger partial charge in [-0.05, 0) is 60.4 Å². The van der Waals surface area contributed by atoms with Crippen molar-refractivity contribution in [2.24, 2.45) is 0 Å². The summed E-state index contributed by atoms with van der Waals surface area (Å²) in [4.78, 5) is 0.0188. The second-order valence-corrected chi connectivity index (χ2v) is 10.0. The van der Waals surface area contributed by atoms with Crippen molar-refractivity contribution in [1.29, 1.82) is 0 Å². The molecular weight excluding hydrogens is 536 g/mol. The first-order chi connectivity index (χ1) is 13.2. The van der Waals surface area contributed by atoms with E-state index in [-0.39, 0.29) is 23.0 Å². The minimum absolute atomic E-state index is 0.00938. The first-order valence-electron chi connectivity index (χ1n) is 7.46. The summed E-state index contributed by atoms with van der Waals surface area (Å²) in [6.45, 7) is -0.768. The quantitative estimate of drug-likeness (QED) is 0.407. The summed E-state index contributed by atoms with van der Waals surface area (Å²) in [7, 11) is -7.81. The standard InChI is InChI=1S/C18H12Br2O6S2/c19-15-5-9-17(10-6-15)27(21,22)25-13-3-1-2-4-14-26-28(23,24)18-11-7-16(20)8-12-18/h5-12H,13-14H2. The second-order valence-electron chi connectivity index (χ2n) is 4.94. The molecule has 0 N–H and O–H groups in total. The summed E-state index contributed by atoms with van der Waals surface area (Å²) >= 11 is 6.42. The third-order valence-electron chi connectivity index (χ3n) is 3.02. The molecule has 0 aliphatic carbocycles. The maximum atomic E-state index is 11.9. The Morgan fingerprint density at radius 2 is 0.964 bits per heavy atom. The Morgan fingerprint density at radius 3 is 1.29 bits per heavy atom.